The van der Waals surface area contributed by atoms with Crippen LogP contribution < -0.4 is 0 Å². The fourth-order valence-electron chi connectivity index (χ4n) is 1.30. The van der Waals surface area contributed by atoms with Crippen LogP contribution in [0.25, 0.3) is 0 Å². The Labute approximate surface area is 113 Å². The zero-order valence-electron chi connectivity index (χ0n) is 9.50. The Balaban J connectivity index is 3.01. The second-order valence-corrected chi connectivity index (χ2v) is 4.72. The Kier molecular flexibility index (Phi) is 5.15. The zero-order valence-corrected chi connectivity index (χ0v) is 11.8. The van der Waals surface area contributed by atoms with Crippen LogP contribution in [0.3, 0.4) is 0 Å². The van der Waals surface area contributed by atoms with Crippen molar-refractivity contribution in [2.75, 3.05) is 6.61 Å². The monoisotopic (exact) mass is 318 g/mol. The molecule has 3 nitrogen and oxygen atoms in total. The number of benzene rings is 1. The average molecular weight is 320 g/mol. The van der Waals surface area contributed by atoms with Crippen LogP contribution in [0.2, 0.25) is 0 Å². The normalized spacial score (nSPS) is 12.0. The number of carbonyl (C=O) groups excluding carboxylic acids is 2. The van der Waals surface area contributed by atoms with Crippen LogP contribution in [0.4, 0.5) is 0 Å². The first-order chi connectivity index (χ1) is 7.97. The van der Waals surface area contributed by atoms with Crippen molar-refractivity contribution in [1.29, 1.82) is 0 Å². The number of carbonyl (C=O) groups is 2. The van der Waals surface area contributed by atoms with Gasteiger partial charge in [-0.1, -0.05) is 6.07 Å². The molecular weight excluding hydrogens is 307 g/mol. The van der Waals surface area contributed by atoms with Gasteiger partial charge in [0.05, 0.1) is 12.2 Å². The van der Waals surface area contributed by atoms with Crippen molar-refractivity contribution >= 4 is 39.3 Å². The van der Waals surface area contributed by atoms with Gasteiger partial charge >= 0.3 is 5.97 Å². The van der Waals surface area contributed by atoms with Gasteiger partial charge in [0.25, 0.3) is 0 Å². The number of hydrogen-bond donors (Lipinski definition) is 0. The lowest BCUT2D eigenvalue weighted by molar-refractivity contribution is -0.116. The van der Waals surface area contributed by atoms with E-state index in [0.29, 0.717) is 22.2 Å². The van der Waals surface area contributed by atoms with Gasteiger partial charge in [0.2, 0.25) is 0 Å². The highest BCUT2D eigenvalue weighted by molar-refractivity contribution is 9.10. The van der Waals surface area contributed by atoms with Crippen LogP contribution in [0, 0.1) is 0 Å². The third-order valence-electron chi connectivity index (χ3n) is 2.14. The minimum absolute atomic E-state index is 0.137. The van der Waals surface area contributed by atoms with Gasteiger partial charge in [-0.2, -0.15) is 0 Å². The van der Waals surface area contributed by atoms with Crippen molar-refractivity contribution in [3.8, 4) is 0 Å². The highest BCUT2D eigenvalue weighted by atomic mass is 79.9. The first-order valence-electron chi connectivity index (χ1n) is 5.08. The Morgan fingerprint density at radius 1 is 1.47 bits per heavy atom. The molecule has 1 unspecified atom stereocenters. The summed E-state index contributed by atoms with van der Waals surface area (Å²) < 4.78 is 5.46. The molecule has 0 heterocycles. The van der Waals surface area contributed by atoms with Crippen molar-refractivity contribution < 1.29 is 14.3 Å². The van der Waals surface area contributed by atoms with E-state index in [1.807, 2.05) is 0 Å². The van der Waals surface area contributed by atoms with E-state index in [-0.39, 0.29) is 5.78 Å². The van der Waals surface area contributed by atoms with Crippen LogP contribution in [0.15, 0.2) is 22.7 Å². The smallest absolute Gasteiger partial charge is 0.339 e. The van der Waals surface area contributed by atoms with Crippen molar-refractivity contribution in [2.45, 2.75) is 19.2 Å². The maximum atomic E-state index is 11.5. The van der Waals surface area contributed by atoms with E-state index >= 15 is 0 Å². The molecule has 1 aromatic rings. The molecule has 0 bridgehead atoms. The van der Waals surface area contributed by atoms with E-state index in [1.165, 1.54) is 6.92 Å². The largest absolute Gasteiger partial charge is 0.462 e. The second-order valence-electron chi connectivity index (χ2n) is 3.43. The van der Waals surface area contributed by atoms with Gasteiger partial charge in [-0.3, -0.25) is 4.79 Å². The van der Waals surface area contributed by atoms with Gasteiger partial charge < -0.3 is 4.74 Å². The van der Waals surface area contributed by atoms with Crippen LogP contribution in [-0.4, -0.2) is 18.4 Å². The summed E-state index contributed by atoms with van der Waals surface area (Å²) in [5.41, 5.74) is 1.07. The summed E-state index contributed by atoms with van der Waals surface area (Å²) in [4.78, 5) is 22.7. The molecule has 5 heteroatoms. The van der Waals surface area contributed by atoms with Gasteiger partial charge in [-0.05, 0) is 47.5 Å². The summed E-state index contributed by atoms with van der Waals surface area (Å²) in [6.45, 7) is 3.48. The Hall–Kier alpha value is -0.870. The van der Waals surface area contributed by atoms with E-state index in [4.69, 9.17) is 16.3 Å². The van der Waals surface area contributed by atoms with E-state index in [2.05, 4.69) is 15.9 Å². The molecule has 0 radical (unpaired) electrons. The Morgan fingerprint density at radius 3 is 2.59 bits per heavy atom. The van der Waals surface area contributed by atoms with E-state index in [0.717, 1.165) is 0 Å². The first kappa shape index (κ1) is 14.2. The predicted octanol–water partition coefficient (Wildman–Crippen LogP) is 3.49. The summed E-state index contributed by atoms with van der Waals surface area (Å²) in [6, 6.07) is 4.90. The molecule has 17 heavy (non-hydrogen) atoms. The molecule has 92 valence electrons. The molecule has 1 aromatic carbocycles. The lowest BCUT2D eigenvalue weighted by Crippen LogP contribution is -2.07. The highest BCUT2D eigenvalue weighted by Gasteiger charge is 2.17. The van der Waals surface area contributed by atoms with Gasteiger partial charge in [-0.15, -0.1) is 11.6 Å². The molecule has 0 aliphatic rings. The number of halogens is 2. The van der Waals surface area contributed by atoms with Crippen molar-refractivity contribution in [3.05, 3.63) is 33.8 Å². The van der Waals surface area contributed by atoms with Crippen molar-refractivity contribution in [1.82, 2.24) is 0 Å². The standard InChI is InChI=1S/C12H12BrClO3/c1-3-17-12(16)9-5-4-8(6-10(9)13)11(14)7(2)15/h4-6,11H,3H2,1-2H3. The fourth-order valence-corrected chi connectivity index (χ4v) is 1.99. The molecular formula is C12H12BrClO3. The number of Topliss-reactive ketones (excluding diaryl/α,β-unsaturated/α-hetero) is 1. The topological polar surface area (TPSA) is 43.4 Å². The van der Waals surface area contributed by atoms with Crippen molar-refractivity contribution in [3.63, 3.8) is 0 Å². The molecule has 0 saturated heterocycles. The van der Waals surface area contributed by atoms with E-state index in [1.54, 1.807) is 25.1 Å². The summed E-state index contributed by atoms with van der Waals surface area (Å²) >= 11 is 9.18. The van der Waals surface area contributed by atoms with E-state index in [9.17, 15) is 9.59 Å². The van der Waals surface area contributed by atoms with Gasteiger partial charge in [0, 0.05) is 4.47 Å². The quantitative estimate of drug-likeness (QED) is 0.630. The van der Waals surface area contributed by atoms with E-state index < -0.39 is 11.3 Å². The fraction of sp³-hybridized carbons (Fsp3) is 0.333. The van der Waals surface area contributed by atoms with Crippen molar-refractivity contribution in [2.24, 2.45) is 0 Å². The lowest BCUT2D eigenvalue weighted by Gasteiger charge is -2.09. The molecule has 0 N–H and O–H groups in total. The molecule has 0 spiro atoms. The highest BCUT2D eigenvalue weighted by Crippen LogP contribution is 2.27. The zero-order chi connectivity index (χ0) is 13.0. The molecule has 0 fully saturated rings. The number of hydrogen-bond acceptors (Lipinski definition) is 3. The average Bonchev–Trinajstić information content (AvgIpc) is 2.27. The summed E-state index contributed by atoms with van der Waals surface area (Å²) in [5, 5.41) is -0.692. The number of ketones is 1. The molecule has 0 saturated carbocycles. The number of rotatable bonds is 4. The molecule has 0 amide bonds. The third-order valence-corrected chi connectivity index (χ3v) is 3.35. The SMILES string of the molecule is CCOC(=O)c1ccc(C(Cl)C(C)=O)cc1Br. The minimum atomic E-state index is -0.692. The molecule has 0 aliphatic carbocycles. The molecule has 1 rings (SSSR count). The van der Waals surface area contributed by atoms with Gasteiger partial charge in [0.1, 0.15) is 5.38 Å². The van der Waals surface area contributed by atoms with Gasteiger partial charge in [0.15, 0.2) is 5.78 Å². The van der Waals surface area contributed by atoms with Crippen LogP contribution in [0.5, 0.6) is 0 Å². The van der Waals surface area contributed by atoms with Crippen LogP contribution in [0.1, 0.15) is 35.1 Å². The predicted molar refractivity (Wildman–Crippen MR) is 69.4 cm³/mol. The number of ether oxygens (including phenoxy) is 1. The first-order valence-corrected chi connectivity index (χ1v) is 6.31. The molecule has 0 aliphatic heterocycles. The lowest BCUT2D eigenvalue weighted by atomic mass is 10.1. The summed E-state index contributed by atoms with van der Waals surface area (Å²) in [6.07, 6.45) is 0. The maximum absolute atomic E-state index is 11.5. The number of esters is 1. The molecule has 1 atom stereocenters. The summed E-state index contributed by atoms with van der Waals surface area (Å²) in [5.74, 6) is -0.540. The number of alkyl halides is 1. The Morgan fingerprint density at radius 2 is 2.12 bits per heavy atom. The molecule has 0 aromatic heterocycles. The minimum Gasteiger partial charge on any atom is -0.462 e. The maximum Gasteiger partial charge on any atom is 0.339 e. The second kappa shape index (κ2) is 6.17. The van der Waals surface area contributed by atoms with Gasteiger partial charge in [-0.25, -0.2) is 4.79 Å². The summed E-state index contributed by atoms with van der Waals surface area (Å²) in [7, 11) is 0. The van der Waals surface area contributed by atoms with Crippen LogP contribution >= 0.6 is 27.5 Å². The Bertz CT molecular complexity index is 445. The third kappa shape index (κ3) is 3.54. The van der Waals surface area contributed by atoms with Crippen LogP contribution in [-0.2, 0) is 9.53 Å².